The molecule has 3 aromatic heterocycles. The zero-order valence-corrected chi connectivity index (χ0v) is 26.3. The van der Waals surface area contributed by atoms with Gasteiger partial charge in [0.1, 0.15) is 0 Å². The molecule has 0 fully saturated rings. The van der Waals surface area contributed by atoms with Crippen LogP contribution in [0.25, 0.3) is 51.0 Å². The van der Waals surface area contributed by atoms with Gasteiger partial charge in [-0.05, 0) is 126 Å². The second-order valence-electron chi connectivity index (χ2n) is 13.2. The second kappa shape index (κ2) is 8.67. The summed E-state index contributed by atoms with van der Waals surface area (Å²) in [4.78, 5) is 11.4. The Bertz CT molecular complexity index is 2350. The number of H-pyrrole nitrogens is 3. The standard InChI is InChI=1S/C39H38N4/c1-19-20(2)32-17-33-23(5)24(6)37(42-33)36-27-14-13-25-11-9-10-12-26(25)28(27)15-29-38(36)43-35(39(29,7)8)18-34-22(4)21(3)31(41-34)16-30(19)40-32/h9-18,40-43H,1-8H3. The fourth-order valence-corrected chi connectivity index (χ4v) is 7.28. The molecule has 4 nitrogen and oxygen atoms in total. The first-order valence-corrected chi connectivity index (χ1v) is 15.3. The van der Waals surface area contributed by atoms with Crippen molar-refractivity contribution in [3.8, 4) is 11.3 Å². The van der Waals surface area contributed by atoms with Gasteiger partial charge in [-0.1, -0.05) is 50.2 Å². The average Bonchev–Trinajstić information content (AvgIpc) is 3.61. The Labute approximate surface area is 252 Å². The first-order chi connectivity index (χ1) is 20.5. The highest BCUT2D eigenvalue weighted by Gasteiger charge is 2.38. The van der Waals surface area contributed by atoms with Gasteiger partial charge in [0.25, 0.3) is 0 Å². The third kappa shape index (κ3) is 3.50. The number of hydrogen-bond donors (Lipinski definition) is 4. The average molecular weight is 563 g/mol. The molecule has 0 amide bonds. The van der Waals surface area contributed by atoms with Crippen LogP contribution in [0.15, 0.2) is 48.2 Å². The van der Waals surface area contributed by atoms with E-state index in [0.29, 0.717) is 0 Å². The number of fused-ring (bicyclic) bond motifs is 12. The molecule has 214 valence electrons. The monoisotopic (exact) mass is 562 g/mol. The fourth-order valence-electron chi connectivity index (χ4n) is 7.28. The van der Waals surface area contributed by atoms with E-state index in [1.165, 1.54) is 83.1 Å². The number of anilines is 1. The largest absolute Gasteiger partial charge is 0.357 e. The quantitative estimate of drug-likeness (QED) is 0.139. The van der Waals surface area contributed by atoms with Crippen LogP contribution in [0.1, 0.15) is 69.9 Å². The first kappa shape index (κ1) is 26.0. The minimum absolute atomic E-state index is 0.218. The van der Waals surface area contributed by atoms with Gasteiger partial charge < -0.3 is 20.3 Å². The number of rotatable bonds is 0. The molecule has 8 rings (SSSR count). The maximum absolute atomic E-state index is 3.97. The van der Waals surface area contributed by atoms with Crippen LogP contribution in [0.4, 0.5) is 5.69 Å². The molecule has 0 saturated heterocycles. The van der Waals surface area contributed by atoms with Gasteiger partial charge in [0, 0.05) is 44.5 Å². The van der Waals surface area contributed by atoms with Crippen molar-refractivity contribution in [2.75, 3.05) is 5.32 Å². The molecule has 4 N–H and O–H groups in total. The van der Waals surface area contributed by atoms with Crippen molar-refractivity contribution in [1.29, 1.82) is 0 Å². The second-order valence-corrected chi connectivity index (χ2v) is 13.2. The van der Waals surface area contributed by atoms with E-state index in [4.69, 9.17) is 0 Å². The molecular formula is C39H38N4. The highest BCUT2D eigenvalue weighted by atomic mass is 15.0. The molecule has 0 unspecified atom stereocenters. The maximum atomic E-state index is 3.97. The summed E-state index contributed by atoms with van der Waals surface area (Å²) < 4.78 is 0. The molecule has 0 saturated carbocycles. The Morgan fingerprint density at radius 3 is 1.91 bits per heavy atom. The van der Waals surface area contributed by atoms with Gasteiger partial charge in [-0.3, -0.25) is 0 Å². The van der Waals surface area contributed by atoms with Crippen molar-refractivity contribution in [3.05, 3.63) is 115 Å². The first-order valence-electron chi connectivity index (χ1n) is 15.3. The van der Waals surface area contributed by atoms with Crippen molar-refractivity contribution in [3.63, 3.8) is 0 Å². The number of aromatic nitrogens is 3. The maximum Gasteiger partial charge on any atom is 0.0525 e. The highest BCUT2D eigenvalue weighted by molar-refractivity contribution is 6.16. The molecule has 0 radical (unpaired) electrons. The predicted octanol–water partition coefficient (Wildman–Crippen LogP) is 8.21. The summed E-state index contributed by atoms with van der Waals surface area (Å²) in [6.07, 6.45) is 6.90. The van der Waals surface area contributed by atoms with Crippen LogP contribution in [0, 0.1) is 41.5 Å². The van der Waals surface area contributed by atoms with Crippen LogP contribution in [0.2, 0.25) is 0 Å². The summed E-state index contributed by atoms with van der Waals surface area (Å²) in [5.74, 6) is 0. The molecule has 8 bridgehead atoms. The van der Waals surface area contributed by atoms with Crippen molar-refractivity contribution in [2.45, 2.75) is 60.8 Å². The molecule has 4 heteroatoms. The van der Waals surface area contributed by atoms with E-state index in [1.54, 1.807) is 0 Å². The van der Waals surface area contributed by atoms with E-state index in [0.717, 1.165) is 27.8 Å². The predicted molar refractivity (Wildman–Crippen MR) is 182 cm³/mol. The lowest BCUT2D eigenvalue weighted by Gasteiger charge is -2.21. The van der Waals surface area contributed by atoms with Crippen LogP contribution >= 0.6 is 0 Å². The fraction of sp³-hybridized carbons (Fsp3) is 0.231. The van der Waals surface area contributed by atoms with Crippen molar-refractivity contribution in [2.24, 2.45) is 0 Å². The van der Waals surface area contributed by atoms with E-state index < -0.39 is 0 Å². The third-order valence-electron chi connectivity index (χ3n) is 10.7. The lowest BCUT2D eigenvalue weighted by molar-refractivity contribution is 0.659. The van der Waals surface area contributed by atoms with E-state index >= 15 is 0 Å². The van der Waals surface area contributed by atoms with Crippen LogP contribution in [0.5, 0.6) is 0 Å². The van der Waals surface area contributed by atoms with Gasteiger partial charge >= 0.3 is 0 Å². The lowest BCUT2D eigenvalue weighted by atomic mass is 9.80. The van der Waals surface area contributed by atoms with Gasteiger partial charge in [0.15, 0.2) is 0 Å². The summed E-state index contributed by atoms with van der Waals surface area (Å²) in [6.45, 7) is 18.1. The minimum Gasteiger partial charge on any atom is -0.357 e. The highest BCUT2D eigenvalue weighted by Crippen LogP contribution is 2.52. The minimum atomic E-state index is -0.218. The molecule has 0 aliphatic carbocycles. The Hall–Kier alpha value is -4.70. The molecule has 0 atom stereocenters. The van der Waals surface area contributed by atoms with Gasteiger partial charge in [-0.15, -0.1) is 0 Å². The molecule has 2 aliphatic rings. The van der Waals surface area contributed by atoms with Crippen molar-refractivity contribution in [1.82, 2.24) is 15.0 Å². The summed E-state index contributed by atoms with van der Waals surface area (Å²) >= 11 is 0. The van der Waals surface area contributed by atoms with Gasteiger partial charge in [-0.25, -0.2) is 0 Å². The SMILES string of the molecule is Cc1c2[nH]c(c1C)C=c1[nH]c(c(C)c1C)=Cc1[nH]c(c(C)c1C)-c1c3c(cc4c1ccc1ccccc14)C(C)(C)C(=C2)N3. The molecule has 43 heavy (non-hydrogen) atoms. The van der Waals surface area contributed by atoms with Crippen molar-refractivity contribution >= 4 is 45.5 Å². The summed E-state index contributed by atoms with van der Waals surface area (Å²) in [7, 11) is 0. The molecule has 6 aromatic rings. The summed E-state index contributed by atoms with van der Waals surface area (Å²) in [5, 5.41) is 11.4. The Morgan fingerprint density at radius 1 is 0.558 bits per heavy atom. The van der Waals surface area contributed by atoms with Gasteiger partial charge in [0.2, 0.25) is 0 Å². The zero-order valence-electron chi connectivity index (χ0n) is 26.3. The van der Waals surface area contributed by atoms with Gasteiger partial charge in [0.05, 0.1) is 11.4 Å². The Balaban J connectivity index is 1.57. The zero-order chi connectivity index (χ0) is 29.9. The summed E-state index contributed by atoms with van der Waals surface area (Å²) in [5.41, 5.74) is 17.0. The number of hydrogen-bond acceptors (Lipinski definition) is 1. The smallest absolute Gasteiger partial charge is 0.0525 e. The Morgan fingerprint density at radius 2 is 1.19 bits per heavy atom. The number of benzene rings is 3. The molecule has 5 heterocycles. The van der Waals surface area contributed by atoms with Gasteiger partial charge in [-0.2, -0.15) is 0 Å². The van der Waals surface area contributed by atoms with E-state index in [1.807, 2.05) is 0 Å². The number of nitrogens with one attached hydrogen (secondary N) is 4. The lowest BCUT2D eigenvalue weighted by Crippen LogP contribution is -2.17. The number of aromatic amines is 3. The molecule has 3 aromatic carbocycles. The van der Waals surface area contributed by atoms with E-state index in [9.17, 15) is 0 Å². The topological polar surface area (TPSA) is 59.4 Å². The molecule has 2 aliphatic heterocycles. The third-order valence-corrected chi connectivity index (χ3v) is 10.7. The van der Waals surface area contributed by atoms with Crippen LogP contribution in [0.3, 0.4) is 0 Å². The van der Waals surface area contributed by atoms with Crippen molar-refractivity contribution < 1.29 is 0 Å². The van der Waals surface area contributed by atoms with Crippen LogP contribution in [-0.4, -0.2) is 15.0 Å². The number of allylic oxidation sites excluding steroid dienone is 1. The molecule has 0 spiro atoms. The van der Waals surface area contributed by atoms with E-state index in [-0.39, 0.29) is 5.41 Å². The van der Waals surface area contributed by atoms with E-state index in [2.05, 4.69) is 136 Å². The van der Waals surface area contributed by atoms with Crippen LogP contribution in [-0.2, 0) is 5.41 Å². The molecular weight excluding hydrogens is 524 g/mol. The summed E-state index contributed by atoms with van der Waals surface area (Å²) in [6, 6.07) is 15.8. The Kier molecular flexibility index (Phi) is 5.23. The normalized spacial score (nSPS) is 14.9. The van der Waals surface area contributed by atoms with Crippen LogP contribution < -0.4 is 16.0 Å².